The number of hydrogen-bond acceptors (Lipinski definition) is 2. The Hall–Kier alpha value is -2.36. The summed E-state index contributed by atoms with van der Waals surface area (Å²) < 4.78 is 1.58. The molecule has 1 heterocycles. The largest absolute Gasteiger partial charge is 0.481 e. The Morgan fingerprint density at radius 2 is 1.77 bits per heavy atom. The van der Waals surface area contributed by atoms with Crippen molar-refractivity contribution in [2.75, 3.05) is 0 Å². The lowest BCUT2D eigenvalue weighted by Crippen LogP contribution is -2.22. The molecule has 0 atom stereocenters. The molecule has 2 aromatic rings. The molecule has 1 aromatic heterocycles. The summed E-state index contributed by atoms with van der Waals surface area (Å²) in [6.45, 7) is 4.28. The van der Waals surface area contributed by atoms with Gasteiger partial charge in [0.15, 0.2) is 0 Å². The van der Waals surface area contributed by atoms with Gasteiger partial charge in [0.25, 0.3) is 5.56 Å². The number of nitrogens with zero attached hydrogens (tertiary/aromatic N) is 1. The van der Waals surface area contributed by atoms with Crippen molar-refractivity contribution in [1.82, 2.24) is 4.57 Å². The first-order valence-corrected chi connectivity index (χ1v) is 7.41. The molecule has 0 amide bonds. The number of carbonyl (C=O) groups is 1. The molecular weight excluding hydrogens is 278 g/mol. The third-order valence-corrected chi connectivity index (χ3v) is 3.86. The van der Waals surface area contributed by atoms with Crippen molar-refractivity contribution in [2.45, 2.75) is 32.6 Å². The van der Waals surface area contributed by atoms with Gasteiger partial charge < -0.3 is 9.67 Å². The average molecular weight is 299 g/mol. The van der Waals surface area contributed by atoms with Gasteiger partial charge in [-0.05, 0) is 29.5 Å². The summed E-state index contributed by atoms with van der Waals surface area (Å²) in [5.41, 5.74) is 3.47. The first-order valence-electron chi connectivity index (χ1n) is 7.41. The predicted molar refractivity (Wildman–Crippen MR) is 87.2 cm³/mol. The van der Waals surface area contributed by atoms with Crippen LogP contribution in [-0.4, -0.2) is 15.6 Å². The van der Waals surface area contributed by atoms with Gasteiger partial charge in [-0.2, -0.15) is 0 Å². The highest BCUT2D eigenvalue weighted by molar-refractivity contribution is 5.67. The Labute approximate surface area is 130 Å². The van der Waals surface area contributed by atoms with E-state index < -0.39 is 5.97 Å². The Morgan fingerprint density at radius 1 is 1.14 bits per heavy atom. The normalized spacial score (nSPS) is 10.9. The second-order valence-corrected chi connectivity index (χ2v) is 5.78. The molecule has 0 aliphatic heterocycles. The summed E-state index contributed by atoms with van der Waals surface area (Å²) in [6.07, 6.45) is 0.228. The highest BCUT2D eigenvalue weighted by Crippen LogP contribution is 2.21. The fourth-order valence-corrected chi connectivity index (χ4v) is 2.45. The van der Waals surface area contributed by atoms with Crippen LogP contribution in [0.15, 0.2) is 41.2 Å². The minimum atomic E-state index is -0.893. The van der Waals surface area contributed by atoms with Crippen LogP contribution in [-0.2, 0) is 18.3 Å². The number of pyridine rings is 1. The second-order valence-electron chi connectivity index (χ2n) is 5.78. The lowest BCUT2D eigenvalue weighted by Gasteiger charge is -2.12. The lowest BCUT2D eigenvalue weighted by molar-refractivity contribution is -0.136. The van der Waals surface area contributed by atoms with Crippen molar-refractivity contribution < 1.29 is 9.90 Å². The maximum Gasteiger partial charge on any atom is 0.303 e. The first kappa shape index (κ1) is 16.0. The number of aryl methyl sites for hydroxylation is 1. The van der Waals surface area contributed by atoms with Crippen molar-refractivity contribution in [2.24, 2.45) is 7.05 Å². The molecule has 1 N–H and O–H groups in total. The molecule has 0 radical (unpaired) electrons. The molecule has 0 spiro atoms. The van der Waals surface area contributed by atoms with E-state index in [1.165, 1.54) is 5.56 Å². The Bertz CT molecular complexity index is 727. The fraction of sp³-hybridized carbons (Fsp3) is 0.333. The topological polar surface area (TPSA) is 59.3 Å². The van der Waals surface area contributed by atoms with Crippen molar-refractivity contribution in [3.05, 3.63) is 57.9 Å². The van der Waals surface area contributed by atoms with Crippen molar-refractivity contribution in [3.63, 3.8) is 0 Å². The lowest BCUT2D eigenvalue weighted by atomic mass is 10.00. The molecule has 22 heavy (non-hydrogen) atoms. The van der Waals surface area contributed by atoms with Crippen LogP contribution in [0.5, 0.6) is 0 Å². The monoisotopic (exact) mass is 299 g/mol. The van der Waals surface area contributed by atoms with Crippen LogP contribution in [0, 0.1) is 0 Å². The standard InChI is InChI=1S/C18H21NO3/c1-12(2)13-4-6-14(7-5-13)16-10-8-15(9-11-17(20)21)18(22)19(16)3/h4-8,10,12H,9,11H2,1-3H3,(H,20,21). The molecule has 0 aliphatic rings. The van der Waals surface area contributed by atoms with E-state index in [4.69, 9.17) is 5.11 Å². The molecule has 0 fully saturated rings. The van der Waals surface area contributed by atoms with E-state index in [1.807, 2.05) is 18.2 Å². The van der Waals surface area contributed by atoms with Crippen LogP contribution in [0.4, 0.5) is 0 Å². The van der Waals surface area contributed by atoms with E-state index in [2.05, 4.69) is 26.0 Å². The molecule has 4 nitrogen and oxygen atoms in total. The van der Waals surface area contributed by atoms with Crippen LogP contribution in [0.3, 0.4) is 0 Å². The second kappa shape index (κ2) is 6.60. The minimum Gasteiger partial charge on any atom is -0.481 e. The van der Waals surface area contributed by atoms with E-state index in [1.54, 1.807) is 17.7 Å². The maximum atomic E-state index is 12.3. The molecule has 0 saturated heterocycles. The molecule has 0 saturated carbocycles. The molecule has 0 aliphatic carbocycles. The number of rotatable bonds is 5. The smallest absolute Gasteiger partial charge is 0.303 e. The van der Waals surface area contributed by atoms with Gasteiger partial charge in [-0.25, -0.2) is 0 Å². The van der Waals surface area contributed by atoms with Gasteiger partial charge >= 0.3 is 5.97 Å². The van der Waals surface area contributed by atoms with E-state index in [0.29, 0.717) is 11.5 Å². The van der Waals surface area contributed by atoms with E-state index >= 15 is 0 Å². The number of aliphatic carboxylic acids is 1. The Balaban J connectivity index is 2.34. The van der Waals surface area contributed by atoms with Gasteiger partial charge in [-0.1, -0.05) is 44.2 Å². The predicted octanol–water partition coefficient (Wildman–Crippen LogP) is 3.19. The SMILES string of the molecule is CC(C)c1ccc(-c2ccc(CCC(=O)O)c(=O)n2C)cc1. The van der Waals surface area contributed by atoms with E-state index in [9.17, 15) is 9.59 Å². The highest BCUT2D eigenvalue weighted by atomic mass is 16.4. The number of benzene rings is 1. The number of hydrogen-bond donors (Lipinski definition) is 1. The number of carboxylic acid groups (broad SMARTS) is 1. The van der Waals surface area contributed by atoms with Gasteiger partial charge in [0.1, 0.15) is 0 Å². The average Bonchev–Trinajstić information content (AvgIpc) is 2.49. The van der Waals surface area contributed by atoms with E-state index in [-0.39, 0.29) is 18.4 Å². The third kappa shape index (κ3) is 3.45. The molecule has 116 valence electrons. The first-order chi connectivity index (χ1) is 10.4. The van der Waals surface area contributed by atoms with Crippen molar-refractivity contribution >= 4 is 5.97 Å². The van der Waals surface area contributed by atoms with Gasteiger partial charge in [-0.3, -0.25) is 9.59 Å². The van der Waals surface area contributed by atoms with Crippen molar-refractivity contribution in [3.8, 4) is 11.3 Å². The van der Waals surface area contributed by atoms with E-state index in [0.717, 1.165) is 11.3 Å². The summed E-state index contributed by atoms with van der Waals surface area (Å²) in [5.74, 6) is -0.424. The molecule has 1 aromatic carbocycles. The van der Waals surface area contributed by atoms with Crippen LogP contribution < -0.4 is 5.56 Å². The van der Waals surface area contributed by atoms with Gasteiger partial charge in [0, 0.05) is 19.0 Å². The van der Waals surface area contributed by atoms with Gasteiger partial charge in [0.05, 0.1) is 5.69 Å². The zero-order valence-corrected chi connectivity index (χ0v) is 13.2. The van der Waals surface area contributed by atoms with Crippen LogP contribution in [0.2, 0.25) is 0 Å². The van der Waals surface area contributed by atoms with Gasteiger partial charge in [0.2, 0.25) is 0 Å². The van der Waals surface area contributed by atoms with Gasteiger partial charge in [-0.15, -0.1) is 0 Å². The summed E-state index contributed by atoms with van der Waals surface area (Å²) in [7, 11) is 1.72. The van der Waals surface area contributed by atoms with Crippen LogP contribution in [0.1, 0.15) is 37.3 Å². The number of carboxylic acids is 1. The summed E-state index contributed by atoms with van der Waals surface area (Å²) in [5, 5.41) is 8.73. The summed E-state index contributed by atoms with van der Waals surface area (Å²) >= 11 is 0. The zero-order chi connectivity index (χ0) is 16.3. The molecule has 4 heteroatoms. The Kier molecular flexibility index (Phi) is 4.81. The quantitative estimate of drug-likeness (QED) is 0.922. The molecule has 0 unspecified atom stereocenters. The zero-order valence-electron chi connectivity index (χ0n) is 13.2. The minimum absolute atomic E-state index is 0.0301. The van der Waals surface area contributed by atoms with Crippen LogP contribution in [0.25, 0.3) is 11.3 Å². The highest BCUT2D eigenvalue weighted by Gasteiger charge is 2.09. The molecule has 0 bridgehead atoms. The maximum absolute atomic E-state index is 12.3. The fourth-order valence-electron chi connectivity index (χ4n) is 2.45. The van der Waals surface area contributed by atoms with Crippen LogP contribution >= 0.6 is 0 Å². The molecular formula is C18H21NO3. The number of aromatic nitrogens is 1. The summed E-state index contributed by atoms with van der Waals surface area (Å²) in [6, 6.07) is 11.8. The summed E-state index contributed by atoms with van der Waals surface area (Å²) in [4.78, 5) is 23.0. The molecule has 2 rings (SSSR count). The third-order valence-electron chi connectivity index (χ3n) is 3.86. The Morgan fingerprint density at radius 3 is 2.32 bits per heavy atom. The van der Waals surface area contributed by atoms with Crippen molar-refractivity contribution in [1.29, 1.82) is 0 Å².